The van der Waals surface area contributed by atoms with Crippen molar-refractivity contribution in [3.63, 3.8) is 0 Å². The molecule has 1 aromatic heterocycles. The van der Waals surface area contributed by atoms with Crippen molar-refractivity contribution in [1.29, 1.82) is 0 Å². The minimum absolute atomic E-state index is 0.0105. The predicted octanol–water partition coefficient (Wildman–Crippen LogP) is 6.04. The van der Waals surface area contributed by atoms with Gasteiger partial charge >= 0.3 is 0 Å². The van der Waals surface area contributed by atoms with E-state index in [2.05, 4.69) is 71.5 Å². The van der Waals surface area contributed by atoms with Crippen molar-refractivity contribution < 1.29 is 4.79 Å². The van der Waals surface area contributed by atoms with Gasteiger partial charge in [-0.3, -0.25) is 4.79 Å². The molecule has 1 N–H and O–H groups in total. The molecule has 0 radical (unpaired) electrons. The van der Waals surface area contributed by atoms with Gasteiger partial charge in [0.25, 0.3) is 0 Å². The summed E-state index contributed by atoms with van der Waals surface area (Å²) in [5.74, 6) is 0.392. The second-order valence-electron chi connectivity index (χ2n) is 7.27. The van der Waals surface area contributed by atoms with E-state index < -0.39 is 0 Å². The number of benzene rings is 3. The number of amides is 1. The number of rotatable bonds is 6. The van der Waals surface area contributed by atoms with E-state index in [0.29, 0.717) is 5.75 Å². The third-order valence-electron chi connectivity index (χ3n) is 5.01. The quantitative estimate of drug-likeness (QED) is 0.401. The molecule has 0 atom stereocenters. The monoisotopic (exact) mass is 400 g/mol. The summed E-state index contributed by atoms with van der Waals surface area (Å²) in [5, 5.41) is 4.18. The number of nitrogens with one attached hydrogen (secondary N) is 1. The average Bonchev–Trinajstić information content (AvgIpc) is 3.06. The zero-order valence-corrected chi connectivity index (χ0v) is 17.5. The number of carbonyl (C=O) groups is 1. The lowest BCUT2D eigenvalue weighted by molar-refractivity contribution is -0.113. The molecule has 0 unspecified atom stereocenters. The van der Waals surface area contributed by atoms with Crippen LogP contribution in [0.3, 0.4) is 0 Å². The van der Waals surface area contributed by atoms with E-state index in [1.807, 2.05) is 31.2 Å². The fourth-order valence-corrected chi connectivity index (χ4v) is 4.38. The summed E-state index contributed by atoms with van der Waals surface area (Å²) >= 11 is 1.58. The minimum Gasteiger partial charge on any atom is -0.342 e. The topological polar surface area (TPSA) is 34.0 Å². The van der Waals surface area contributed by atoms with Crippen molar-refractivity contribution in [3.8, 4) is 0 Å². The number of anilines is 1. The molecule has 4 heteroatoms. The maximum Gasteiger partial charge on any atom is 0.234 e. The van der Waals surface area contributed by atoms with Crippen LogP contribution in [0, 0.1) is 13.8 Å². The summed E-state index contributed by atoms with van der Waals surface area (Å²) in [6.07, 6.45) is 2.17. The van der Waals surface area contributed by atoms with Crippen molar-refractivity contribution in [1.82, 2.24) is 4.57 Å². The van der Waals surface area contributed by atoms with Crippen LogP contribution in [0.25, 0.3) is 10.9 Å². The second-order valence-corrected chi connectivity index (χ2v) is 8.29. The SMILES string of the molecule is Cc1cccc(NC(=O)CSc2cn(Cc3ccccc3C)c3ccccc23)c1. The molecule has 0 bridgehead atoms. The number of hydrogen-bond donors (Lipinski definition) is 1. The average molecular weight is 401 g/mol. The van der Waals surface area contributed by atoms with Gasteiger partial charge in [0.2, 0.25) is 5.91 Å². The molecular weight excluding hydrogens is 376 g/mol. The molecule has 0 saturated heterocycles. The molecule has 0 spiro atoms. The predicted molar refractivity (Wildman–Crippen MR) is 123 cm³/mol. The number of fused-ring (bicyclic) bond motifs is 1. The lowest BCUT2D eigenvalue weighted by atomic mass is 10.1. The Balaban J connectivity index is 1.52. The van der Waals surface area contributed by atoms with E-state index in [1.165, 1.54) is 22.0 Å². The smallest absolute Gasteiger partial charge is 0.234 e. The molecule has 0 aliphatic heterocycles. The van der Waals surface area contributed by atoms with Crippen molar-refractivity contribution in [3.05, 3.63) is 95.7 Å². The molecule has 29 heavy (non-hydrogen) atoms. The van der Waals surface area contributed by atoms with Crippen molar-refractivity contribution in [2.45, 2.75) is 25.3 Å². The van der Waals surface area contributed by atoms with Gasteiger partial charge in [-0.05, 0) is 48.7 Å². The summed E-state index contributed by atoms with van der Waals surface area (Å²) in [4.78, 5) is 13.6. The van der Waals surface area contributed by atoms with E-state index in [-0.39, 0.29) is 5.91 Å². The normalized spacial score (nSPS) is 11.0. The minimum atomic E-state index is 0.0105. The van der Waals surface area contributed by atoms with E-state index >= 15 is 0 Å². The van der Waals surface area contributed by atoms with Crippen LogP contribution in [0.15, 0.2) is 83.9 Å². The Morgan fingerprint density at radius 1 is 0.966 bits per heavy atom. The van der Waals surface area contributed by atoms with Crippen LogP contribution in [0.2, 0.25) is 0 Å². The van der Waals surface area contributed by atoms with Crippen LogP contribution in [0.5, 0.6) is 0 Å². The lowest BCUT2D eigenvalue weighted by Crippen LogP contribution is -2.13. The van der Waals surface area contributed by atoms with Gasteiger partial charge in [-0.25, -0.2) is 0 Å². The summed E-state index contributed by atoms with van der Waals surface area (Å²) < 4.78 is 2.28. The highest BCUT2D eigenvalue weighted by Gasteiger charge is 2.12. The molecule has 146 valence electrons. The van der Waals surface area contributed by atoms with E-state index in [4.69, 9.17) is 0 Å². The van der Waals surface area contributed by atoms with E-state index in [9.17, 15) is 4.79 Å². The molecule has 0 aliphatic rings. The van der Waals surface area contributed by atoms with Gasteiger partial charge in [0.05, 0.1) is 5.75 Å². The summed E-state index contributed by atoms with van der Waals surface area (Å²) in [5.41, 5.74) is 5.77. The zero-order valence-electron chi connectivity index (χ0n) is 16.7. The van der Waals surface area contributed by atoms with Gasteiger partial charge in [0.15, 0.2) is 0 Å². The van der Waals surface area contributed by atoms with Crippen LogP contribution in [-0.4, -0.2) is 16.2 Å². The van der Waals surface area contributed by atoms with Gasteiger partial charge < -0.3 is 9.88 Å². The fraction of sp³-hybridized carbons (Fsp3) is 0.160. The van der Waals surface area contributed by atoms with Crippen LogP contribution in [0.4, 0.5) is 5.69 Å². The van der Waals surface area contributed by atoms with Gasteiger partial charge in [-0.1, -0.05) is 54.6 Å². The standard InChI is InChI=1S/C25H24N2OS/c1-18-8-7-11-21(14-18)26-25(28)17-29-24-16-27(23-13-6-5-12-22(23)24)15-20-10-4-3-9-19(20)2/h3-14,16H,15,17H2,1-2H3,(H,26,28). The first-order chi connectivity index (χ1) is 14.1. The van der Waals surface area contributed by atoms with Crippen LogP contribution in [-0.2, 0) is 11.3 Å². The van der Waals surface area contributed by atoms with Crippen molar-refractivity contribution in [2.24, 2.45) is 0 Å². The molecule has 0 fully saturated rings. The Bertz CT molecular complexity index is 1160. The fourth-order valence-electron chi connectivity index (χ4n) is 3.49. The third kappa shape index (κ3) is 4.54. The van der Waals surface area contributed by atoms with Gasteiger partial charge in [0, 0.05) is 34.2 Å². The second kappa shape index (κ2) is 8.58. The highest BCUT2D eigenvalue weighted by Crippen LogP contribution is 2.31. The Labute approximate surface area is 175 Å². The number of carbonyl (C=O) groups excluding carboxylic acids is 1. The molecule has 3 nitrogen and oxygen atoms in total. The molecular formula is C25H24N2OS. The first kappa shape index (κ1) is 19.3. The molecule has 1 heterocycles. The Morgan fingerprint density at radius 3 is 2.59 bits per heavy atom. The molecule has 3 aromatic carbocycles. The maximum atomic E-state index is 12.4. The maximum absolute atomic E-state index is 12.4. The van der Waals surface area contributed by atoms with Crippen LogP contribution >= 0.6 is 11.8 Å². The van der Waals surface area contributed by atoms with E-state index in [1.54, 1.807) is 11.8 Å². The zero-order chi connectivity index (χ0) is 20.2. The summed E-state index contributed by atoms with van der Waals surface area (Å²) in [6, 6.07) is 24.7. The number of thioether (sulfide) groups is 1. The molecule has 0 aliphatic carbocycles. The number of nitrogens with zero attached hydrogens (tertiary/aromatic N) is 1. The van der Waals surface area contributed by atoms with Gasteiger partial charge in [0.1, 0.15) is 0 Å². The number of para-hydroxylation sites is 1. The van der Waals surface area contributed by atoms with Crippen molar-refractivity contribution in [2.75, 3.05) is 11.1 Å². The first-order valence-electron chi connectivity index (χ1n) is 9.72. The Hall–Kier alpha value is -2.98. The Kier molecular flexibility index (Phi) is 5.72. The van der Waals surface area contributed by atoms with Gasteiger partial charge in [-0.2, -0.15) is 0 Å². The number of aryl methyl sites for hydroxylation is 2. The highest BCUT2D eigenvalue weighted by molar-refractivity contribution is 8.00. The van der Waals surface area contributed by atoms with Gasteiger partial charge in [-0.15, -0.1) is 11.8 Å². The number of hydrogen-bond acceptors (Lipinski definition) is 2. The third-order valence-corrected chi connectivity index (χ3v) is 6.06. The molecule has 0 saturated carbocycles. The first-order valence-corrected chi connectivity index (χ1v) is 10.7. The molecule has 4 rings (SSSR count). The number of aromatic nitrogens is 1. The largest absolute Gasteiger partial charge is 0.342 e. The molecule has 4 aromatic rings. The van der Waals surface area contributed by atoms with Crippen LogP contribution in [0.1, 0.15) is 16.7 Å². The van der Waals surface area contributed by atoms with Crippen LogP contribution < -0.4 is 5.32 Å². The molecule has 1 amide bonds. The van der Waals surface area contributed by atoms with E-state index in [0.717, 1.165) is 22.7 Å². The van der Waals surface area contributed by atoms with Crippen molar-refractivity contribution >= 4 is 34.3 Å². The highest BCUT2D eigenvalue weighted by atomic mass is 32.2. The Morgan fingerprint density at radius 2 is 1.76 bits per heavy atom. The summed E-state index contributed by atoms with van der Waals surface area (Å²) in [7, 11) is 0. The summed E-state index contributed by atoms with van der Waals surface area (Å²) in [6.45, 7) is 4.99. The lowest BCUT2D eigenvalue weighted by Gasteiger charge is -2.08.